The Hall–Kier alpha value is -5.00. The van der Waals surface area contributed by atoms with Crippen molar-refractivity contribution < 1.29 is 0 Å². The number of para-hydroxylation sites is 2. The summed E-state index contributed by atoms with van der Waals surface area (Å²) in [6, 6.07) is 70.1. The number of benzene rings is 7. The van der Waals surface area contributed by atoms with Gasteiger partial charge in [-0.05, 0) is 60.3 Å². The second kappa shape index (κ2) is 15.7. The fourth-order valence-electron chi connectivity index (χ4n) is 6.04. The predicted molar refractivity (Wildman–Crippen MR) is 211 cm³/mol. The summed E-state index contributed by atoms with van der Waals surface area (Å²) < 4.78 is 0. The Balaban J connectivity index is 1.10. The fraction of sp³-hybridized carbons (Fsp3) is 0.0455. The molecule has 2 N–H and O–H groups in total. The van der Waals surface area contributed by atoms with Crippen LogP contribution in [0.2, 0.25) is 0 Å². The van der Waals surface area contributed by atoms with Crippen molar-refractivity contribution in [2.75, 3.05) is 10.6 Å². The van der Waals surface area contributed by atoms with Crippen LogP contribution in [0.25, 0.3) is 0 Å². The standard InChI is InChI=1S/C44H38N2P2/c1-5-20-37(21-6-1)47(38-22-7-2-8-23-38)43-30-15-13-28-41(43)45-33-35-18-17-19-36(32-35)34-46-42-29-14-16-31-44(42)48(39-24-9-3-10-25-39)40-26-11-4-12-27-40/h1-32,45-46H,33-34H2. The van der Waals surface area contributed by atoms with E-state index in [1.54, 1.807) is 0 Å². The van der Waals surface area contributed by atoms with Crippen LogP contribution in [-0.4, -0.2) is 0 Å². The number of rotatable bonds is 12. The Bertz CT molecular complexity index is 1810. The second-order valence-corrected chi connectivity index (χ2v) is 15.9. The van der Waals surface area contributed by atoms with E-state index in [-0.39, 0.29) is 0 Å². The average Bonchev–Trinajstić information content (AvgIpc) is 3.16. The Kier molecular flexibility index (Phi) is 10.4. The molecule has 0 aromatic heterocycles. The first-order valence-corrected chi connectivity index (χ1v) is 19.1. The van der Waals surface area contributed by atoms with E-state index in [9.17, 15) is 0 Å². The SMILES string of the molecule is c1ccc(P(c2ccccc2)c2ccccc2NCc2cccc(CNc3ccccc3P(c3ccccc3)c3ccccc3)c2)cc1. The second-order valence-electron chi connectivity index (χ2n) is 11.6. The Morgan fingerprint density at radius 1 is 0.312 bits per heavy atom. The van der Waals surface area contributed by atoms with Gasteiger partial charge in [0.15, 0.2) is 0 Å². The minimum Gasteiger partial charge on any atom is -0.380 e. The molecule has 4 heteroatoms. The van der Waals surface area contributed by atoms with Crippen molar-refractivity contribution in [1.29, 1.82) is 0 Å². The number of hydrogen-bond acceptors (Lipinski definition) is 2. The first kappa shape index (κ1) is 31.6. The quantitative estimate of drug-likeness (QED) is 0.129. The van der Waals surface area contributed by atoms with Crippen LogP contribution in [0.15, 0.2) is 194 Å². The van der Waals surface area contributed by atoms with Crippen LogP contribution in [0.5, 0.6) is 0 Å². The molecule has 0 aliphatic heterocycles. The van der Waals surface area contributed by atoms with Crippen molar-refractivity contribution in [3.63, 3.8) is 0 Å². The number of nitrogens with one attached hydrogen (secondary N) is 2. The lowest BCUT2D eigenvalue weighted by Gasteiger charge is -2.23. The molecule has 0 heterocycles. The van der Waals surface area contributed by atoms with Gasteiger partial charge >= 0.3 is 0 Å². The summed E-state index contributed by atoms with van der Waals surface area (Å²) in [5.74, 6) is 0. The van der Waals surface area contributed by atoms with E-state index in [1.807, 2.05) is 0 Å². The molecular formula is C44H38N2P2. The van der Waals surface area contributed by atoms with Gasteiger partial charge in [0.25, 0.3) is 0 Å². The van der Waals surface area contributed by atoms with Crippen molar-refractivity contribution in [3.05, 3.63) is 205 Å². The minimum absolute atomic E-state index is 0.699. The summed E-state index contributed by atoms with van der Waals surface area (Å²) in [5, 5.41) is 15.7. The molecule has 0 atom stereocenters. The van der Waals surface area contributed by atoms with E-state index < -0.39 is 15.8 Å². The summed E-state index contributed by atoms with van der Waals surface area (Å²) in [5.41, 5.74) is 4.89. The van der Waals surface area contributed by atoms with Crippen LogP contribution in [0.4, 0.5) is 11.4 Å². The zero-order valence-corrected chi connectivity index (χ0v) is 28.6. The molecule has 0 unspecified atom stereocenters. The van der Waals surface area contributed by atoms with Gasteiger partial charge in [0.1, 0.15) is 0 Å². The maximum absolute atomic E-state index is 3.81. The summed E-state index contributed by atoms with van der Waals surface area (Å²) in [6.07, 6.45) is 0. The monoisotopic (exact) mass is 656 g/mol. The lowest BCUT2D eigenvalue weighted by molar-refractivity contribution is 1.10. The summed E-state index contributed by atoms with van der Waals surface area (Å²) in [6.45, 7) is 1.50. The molecule has 0 aliphatic carbocycles. The predicted octanol–water partition coefficient (Wildman–Crippen LogP) is 8.43. The van der Waals surface area contributed by atoms with Crippen LogP contribution >= 0.6 is 15.8 Å². The molecule has 234 valence electrons. The molecule has 0 saturated carbocycles. The van der Waals surface area contributed by atoms with Gasteiger partial charge in [0, 0.05) is 35.1 Å². The highest BCUT2D eigenvalue weighted by Gasteiger charge is 2.20. The Labute approximate surface area is 287 Å². The fourth-order valence-corrected chi connectivity index (χ4v) is 10.9. The molecule has 48 heavy (non-hydrogen) atoms. The number of anilines is 2. The van der Waals surface area contributed by atoms with Gasteiger partial charge in [-0.2, -0.15) is 0 Å². The topological polar surface area (TPSA) is 24.1 Å². The lowest BCUT2D eigenvalue weighted by Crippen LogP contribution is -2.23. The van der Waals surface area contributed by atoms with E-state index in [0.29, 0.717) is 0 Å². The molecule has 7 rings (SSSR count). The molecular weight excluding hydrogens is 618 g/mol. The van der Waals surface area contributed by atoms with Crippen molar-refractivity contribution in [1.82, 2.24) is 0 Å². The average molecular weight is 657 g/mol. The molecule has 0 radical (unpaired) electrons. The van der Waals surface area contributed by atoms with E-state index in [0.717, 1.165) is 13.1 Å². The van der Waals surface area contributed by atoms with Gasteiger partial charge in [-0.15, -0.1) is 0 Å². The first-order chi connectivity index (χ1) is 23.8. The summed E-state index contributed by atoms with van der Waals surface area (Å²) >= 11 is 0. The van der Waals surface area contributed by atoms with Gasteiger partial charge in [0.05, 0.1) is 0 Å². The maximum Gasteiger partial charge on any atom is 0.0427 e. The largest absolute Gasteiger partial charge is 0.380 e. The smallest absolute Gasteiger partial charge is 0.0427 e. The van der Waals surface area contributed by atoms with Crippen LogP contribution in [0, 0.1) is 0 Å². The van der Waals surface area contributed by atoms with Gasteiger partial charge in [-0.25, -0.2) is 0 Å². The van der Waals surface area contributed by atoms with E-state index >= 15 is 0 Å². The minimum atomic E-state index is -0.699. The molecule has 0 saturated heterocycles. The highest BCUT2D eigenvalue weighted by molar-refractivity contribution is 7.80. The zero-order chi connectivity index (χ0) is 32.4. The third-order valence-electron chi connectivity index (χ3n) is 8.30. The van der Waals surface area contributed by atoms with Gasteiger partial charge in [-0.1, -0.05) is 182 Å². The van der Waals surface area contributed by atoms with Gasteiger partial charge in [-0.3, -0.25) is 0 Å². The molecule has 2 nitrogen and oxygen atoms in total. The highest BCUT2D eigenvalue weighted by Crippen LogP contribution is 2.37. The first-order valence-electron chi connectivity index (χ1n) is 16.4. The van der Waals surface area contributed by atoms with Crippen molar-refractivity contribution in [2.24, 2.45) is 0 Å². The van der Waals surface area contributed by atoms with Crippen LogP contribution in [0.3, 0.4) is 0 Å². The van der Waals surface area contributed by atoms with E-state index in [2.05, 4.69) is 205 Å². The molecule has 0 aliphatic rings. The van der Waals surface area contributed by atoms with Gasteiger partial charge in [0.2, 0.25) is 0 Å². The van der Waals surface area contributed by atoms with Crippen molar-refractivity contribution in [2.45, 2.75) is 13.1 Å². The molecule has 0 amide bonds. The molecule has 0 fully saturated rings. The summed E-state index contributed by atoms with van der Waals surface area (Å²) in [7, 11) is -1.40. The summed E-state index contributed by atoms with van der Waals surface area (Å²) in [4.78, 5) is 0. The maximum atomic E-state index is 3.81. The number of hydrogen-bond donors (Lipinski definition) is 2. The van der Waals surface area contributed by atoms with Gasteiger partial charge < -0.3 is 10.6 Å². The molecule has 7 aromatic rings. The van der Waals surface area contributed by atoms with E-state index in [1.165, 1.54) is 54.3 Å². The highest BCUT2D eigenvalue weighted by atomic mass is 31.1. The van der Waals surface area contributed by atoms with Crippen molar-refractivity contribution >= 4 is 59.0 Å². The van der Waals surface area contributed by atoms with Crippen molar-refractivity contribution in [3.8, 4) is 0 Å². The van der Waals surface area contributed by atoms with Crippen LogP contribution in [0.1, 0.15) is 11.1 Å². The third kappa shape index (κ3) is 7.58. The normalized spacial score (nSPS) is 11.0. The van der Waals surface area contributed by atoms with E-state index in [4.69, 9.17) is 0 Å². The molecule has 0 spiro atoms. The molecule has 0 bridgehead atoms. The van der Waals surface area contributed by atoms with Crippen LogP contribution < -0.4 is 42.5 Å². The Morgan fingerprint density at radius 2 is 0.625 bits per heavy atom. The molecule has 7 aromatic carbocycles. The Morgan fingerprint density at radius 3 is 0.979 bits per heavy atom. The zero-order valence-electron chi connectivity index (χ0n) is 26.8. The third-order valence-corrected chi connectivity index (χ3v) is 13.3. The lowest BCUT2D eigenvalue weighted by atomic mass is 10.1. The van der Waals surface area contributed by atoms with Crippen LogP contribution in [-0.2, 0) is 13.1 Å².